The Bertz CT molecular complexity index is 2650. The van der Waals surface area contributed by atoms with E-state index in [2.05, 4.69) is 93.9 Å². The second-order valence-corrected chi connectivity index (χ2v) is 11.9. The SMILES string of the molecule is N=C/C(=C\Nn1c2ccccc2c2cc(-c3ccc4[nH]c5ccccc5c4c3)ccc21)c1nc(-c2ccccc2)nc(-c2ccccc2)n1. The van der Waals surface area contributed by atoms with Crippen LogP contribution in [0.25, 0.3) is 83.1 Å². The lowest BCUT2D eigenvalue weighted by molar-refractivity contribution is 1.03. The molecule has 0 bridgehead atoms. The molecule has 0 aliphatic heterocycles. The fourth-order valence-corrected chi connectivity index (χ4v) is 6.56. The molecular weight excluding hydrogens is 603 g/mol. The zero-order valence-corrected chi connectivity index (χ0v) is 26.3. The van der Waals surface area contributed by atoms with Gasteiger partial charge in [0.25, 0.3) is 0 Å². The van der Waals surface area contributed by atoms with E-state index in [0.717, 1.165) is 55.1 Å². The molecule has 7 nitrogen and oxygen atoms in total. The topological polar surface area (TPSA) is 95.3 Å². The monoisotopic (exact) mass is 631 g/mol. The highest BCUT2D eigenvalue weighted by Crippen LogP contribution is 2.35. The first kappa shape index (κ1) is 28.4. The van der Waals surface area contributed by atoms with Crippen LogP contribution in [0.2, 0.25) is 0 Å². The summed E-state index contributed by atoms with van der Waals surface area (Å²) in [6.07, 6.45) is 3.06. The Kier molecular flexibility index (Phi) is 6.80. The van der Waals surface area contributed by atoms with Gasteiger partial charge in [-0.05, 0) is 47.5 Å². The van der Waals surface area contributed by atoms with Crippen LogP contribution in [0.5, 0.6) is 0 Å². The number of nitrogens with one attached hydrogen (secondary N) is 3. The van der Waals surface area contributed by atoms with Crippen LogP contribution in [0, 0.1) is 5.41 Å². The Morgan fingerprint density at radius 2 is 1.10 bits per heavy atom. The first-order valence-corrected chi connectivity index (χ1v) is 16.1. The number of benzene rings is 6. The largest absolute Gasteiger partial charge is 0.355 e. The van der Waals surface area contributed by atoms with E-state index >= 15 is 0 Å². The summed E-state index contributed by atoms with van der Waals surface area (Å²) in [5, 5.41) is 13.1. The molecule has 0 aliphatic rings. The lowest BCUT2D eigenvalue weighted by atomic mass is 10.0. The normalized spacial score (nSPS) is 11.9. The van der Waals surface area contributed by atoms with E-state index in [4.69, 9.17) is 20.4 Å². The predicted molar refractivity (Wildman–Crippen MR) is 201 cm³/mol. The molecule has 0 saturated heterocycles. The smallest absolute Gasteiger partial charge is 0.167 e. The maximum Gasteiger partial charge on any atom is 0.167 e. The fraction of sp³-hybridized carbons (Fsp3) is 0. The molecule has 0 unspecified atom stereocenters. The van der Waals surface area contributed by atoms with E-state index in [0.29, 0.717) is 23.0 Å². The van der Waals surface area contributed by atoms with Crippen molar-refractivity contribution in [2.45, 2.75) is 0 Å². The summed E-state index contributed by atoms with van der Waals surface area (Å²) in [5.74, 6) is 1.51. The number of hydrogen-bond donors (Lipinski definition) is 3. The van der Waals surface area contributed by atoms with Gasteiger partial charge >= 0.3 is 0 Å². The molecule has 49 heavy (non-hydrogen) atoms. The minimum absolute atomic E-state index is 0.408. The van der Waals surface area contributed by atoms with Crippen LogP contribution in [-0.4, -0.2) is 30.8 Å². The van der Waals surface area contributed by atoms with Crippen molar-refractivity contribution in [2.75, 3.05) is 5.43 Å². The van der Waals surface area contributed by atoms with Gasteiger partial charge in [0, 0.05) is 56.1 Å². The molecule has 3 N–H and O–H groups in total. The summed E-state index contributed by atoms with van der Waals surface area (Å²) >= 11 is 0. The molecular formula is C42H29N7. The van der Waals surface area contributed by atoms with Crippen LogP contribution >= 0.6 is 0 Å². The van der Waals surface area contributed by atoms with Gasteiger partial charge in [0.05, 0.1) is 16.6 Å². The Balaban J connectivity index is 1.13. The summed E-state index contributed by atoms with van der Waals surface area (Å²) in [6, 6.07) is 49.7. The quantitative estimate of drug-likeness (QED) is 0.153. The lowest BCUT2D eigenvalue weighted by Gasteiger charge is -2.11. The molecule has 9 rings (SSSR count). The molecule has 0 saturated carbocycles. The molecule has 3 aromatic heterocycles. The van der Waals surface area contributed by atoms with Gasteiger partial charge in [-0.3, -0.25) is 4.68 Å². The van der Waals surface area contributed by atoms with Crippen LogP contribution in [0.3, 0.4) is 0 Å². The third-order valence-corrected chi connectivity index (χ3v) is 8.97. The molecule has 0 fully saturated rings. The van der Waals surface area contributed by atoms with Crippen molar-refractivity contribution in [1.82, 2.24) is 24.6 Å². The van der Waals surface area contributed by atoms with Crippen LogP contribution in [-0.2, 0) is 0 Å². The van der Waals surface area contributed by atoms with E-state index in [1.54, 1.807) is 6.20 Å². The van der Waals surface area contributed by atoms with Gasteiger partial charge in [0.1, 0.15) is 0 Å². The van der Waals surface area contributed by atoms with Gasteiger partial charge in [-0.25, -0.2) is 15.0 Å². The van der Waals surface area contributed by atoms with Crippen molar-refractivity contribution in [3.05, 3.63) is 158 Å². The molecule has 3 heterocycles. The number of hydrogen-bond acceptors (Lipinski definition) is 5. The molecule has 9 aromatic rings. The van der Waals surface area contributed by atoms with E-state index in [1.807, 2.05) is 66.7 Å². The molecule has 0 radical (unpaired) electrons. The van der Waals surface area contributed by atoms with Crippen molar-refractivity contribution in [3.63, 3.8) is 0 Å². The van der Waals surface area contributed by atoms with Gasteiger partial charge in [-0.1, -0.05) is 109 Å². The molecule has 6 aromatic carbocycles. The molecule has 0 amide bonds. The number of allylic oxidation sites excluding steroid dienone is 1. The molecule has 0 aliphatic carbocycles. The Labute approximate surface area is 281 Å². The van der Waals surface area contributed by atoms with Gasteiger partial charge in [0.15, 0.2) is 17.5 Å². The maximum atomic E-state index is 8.38. The number of aromatic amines is 1. The fourth-order valence-electron chi connectivity index (χ4n) is 6.56. The summed E-state index contributed by atoms with van der Waals surface area (Å²) < 4.78 is 2.05. The van der Waals surface area contributed by atoms with E-state index < -0.39 is 0 Å². The number of rotatable bonds is 7. The Hall–Kier alpha value is -6.86. The van der Waals surface area contributed by atoms with E-state index in [1.165, 1.54) is 17.0 Å². The van der Waals surface area contributed by atoms with Crippen molar-refractivity contribution < 1.29 is 0 Å². The number of H-pyrrole nitrogens is 1. The molecule has 0 atom stereocenters. The summed E-state index contributed by atoms with van der Waals surface area (Å²) in [5.41, 5.74) is 12.4. The summed E-state index contributed by atoms with van der Waals surface area (Å²) in [4.78, 5) is 17.9. The summed E-state index contributed by atoms with van der Waals surface area (Å²) in [7, 11) is 0. The highest BCUT2D eigenvalue weighted by molar-refractivity contribution is 6.12. The second kappa shape index (κ2) is 11.7. The third-order valence-electron chi connectivity index (χ3n) is 8.97. The Morgan fingerprint density at radius 3 is 1.82 bits per heavy atom. The third kappa shape index (κ3) is 5.01. The van der Waals surface area contributed by atoms with Gasteiger partial charge in [-0.2, -0.15) is 0 Å². The van der Waals surface area contributed by atoms with Crippen LogP contribution in [0.1, 0.15) is 5.82 Å². The maximum absolute atomic E-state index is 8.38. The van der Waals surface area contributed by atoms with E-state index in [9.17, 15) is 0 Å². The first-order valence-electron chi connectivity index (χ1n) is 16.1. The zero-order chi connectivity index (χ0) is 32.7. The lowest BCUT2D eigenvalue weighted by Crippen LogP contribution is -2.10. The number of fused-ring (bicyclic) bond motifs is 6. The van der Waals surface area contributed by atoms with Crippen molar-refractivity contribution in [2.24, 2.45) is 0 Å². The average molecular weight is 632 g/mol. The number of nitrogens with zero attached hydrogens (tertiary/aromatic N) is 4. The molecule has 232 valence electrons. The molecule has 7 heteroatoms. The minimum atomic E-state index is 0.408. The van der Waals surface area contributed by atoms with Gasteiger partial charge < -0.3 is 15.8 Å². The average Bonchev–Trinajstić information content (AvgIpc) is 3.70. The minimum Gasteiger partial charge on any atom is -0.355 e. The van der Waals surface area contributed by atoms with Gasteiger partial charge in [-0.15, -0.1) is 0 Å². The Morgan fingerprint density at radius 1 is 0.531 bits per heavy atom. The van der Waals surface area contributed by atoms with Crippen LogP contribution in [0.15, 0.2) is 152 Å². The van der Waals surface area contributed by atoms with Crippen molar-refractivity contribution in [1.29, 1.82) is 5.41 Å². The highest BCUT2D eigenvalue weighted by Gasteiger charge is 2.15. The zero-order valence-electron chi connectivity index (χ0n) is 26.3. The molecule has 0 spiro atoms. The summed E-state index contributed by atoms with van der Waals surface area (Å²) in [6.45, 7) is 0. The highest BCUT2D eigenvalue weighted by atomic mass is 15.4. The number of aromatic nitrogens is 5. The van der Waals surface area contributed by atoms with Crippen LogP contribution < -0.4 is 5.43 Å². The first-order chi connectivity index (χ1) is 24.2. The standard InChI is InChI=1S/C42H29N7/c43-25-31(42-47-40(27-11-3-1-4-12-27)46-41(48-42)28-13-5-2-6-14-28)26-44-49-38-18-10-8-16-33(38)35-24-30(20-22-39(35)49)29-19-21-37-34(23-29)32-15-7-9-17-36(32)45-37/h1-26,43-45H/b31-26+,43-25?. The van der Waals surface area contributed by atoms with Gasteiger partial charge in [0.2, 0.25) is 0 Å². The van der Waals surface area contributed by atoms with E-state index in [-0.39, 0.29) is 0 Å². The number of para-hydroxylation sites is 2. The van der Waals surface area contributed by atoms with Crippen molar-refractivity contribution in [3.8, 4) is 33.9 Å². The predicted octanol–water partition coefficient (Wildman–Crippen LogP) is 9.85. The van der Waals surface area contributed by atoms with Crippen LogP contribution in [0.4, 0.5) is 0 Å². The second-order valence-electron chi connectivity index (χ2n) is 11.9. The van der Waals surface area contributed by atoms with Crippen molar-refractivity contribution >= 4 is 55.4 Å².